The maximum absolute atomic E-state index is 12.9. The fourth-order valence-corrected chi connectivity index (χ4v) is 4.14. The Balaban J connectivity index is 1.79. The average molecular weight is 494 g/mol. The van der Waals surface area contributed by atoms with Gasteiger partial charge in [0.25, 0.3) is 15.9 Å². The first kappa shape index (κ1) is 24.9. The third-order valence-corrected chi connectivity index (χ3v) is 6.31. The highest BCUT2D eigenvalue weighted by Crippen LogP contribution is 2.32. The van der Waals surface area contributed by atoms with E-state index in [-0.39, 0.29) is 16.1 Å². The molecule has 7 nitrogen and oxygen atoms in total. The van der Waals surface area contributed by atoms with E-state index < -0.39 is 27.7 Å². The smallest absolute Gasteiger partial charge is 0.416 e. The number of halogens is 3. The van der Waals surface area contributed by atoms with Gasteiger partial charge in [0.05, 0.1) is 24.7 Å². The van der Waals surface area contributed by atoms with Crippen molar-refractivity contribution in [1.29, 1.82) is 0 Å². The molecule has 3 aromatic rings. The molecule has 1 N–H and O–H groups in total. The van der Waals surface area contributed by atoms with Crippen molar-refractivity contribution in [2.24, 2.45) is 0 Å². The van der Waals surface area contributed by atoms with Gasteiger partial charge in [-0.3, -0.25) is 9.52 Å². The predicted molar refractivity (Wildman–Crippen MR) is 121 cm³/mol. The number of rotatable bonds is 7. The SMILES string of the molecule is COc1ccc(N(C)C(=O)c2ccc(S(=O)(=O)Nc3cccc(C(F)(F)F)c3)cc2)cc1OC. The summed E-state index contributed by atoms with van der Waals surface area (Å²) in [6, 6.07) is 13.8. The quantitative estimate of drug-likeness (QED) is 0.510. The van der Waals surface area contributed by atoms with Gasteiger partial charge in [-0.15, -0.1) is 0 Å². The molecule has 0 aliphatic heterocycles. The lowest BCUT2D eigenvalue weighted by atomic mass is 10.2. The van der Waals surface area contributed by atoms with E-state index >= 15 is 0 Å². The number of anilines is 2. The molecular formula is C23H21F3N2O5S. The van der Waals surface area contributed by atoms with Crippen LogP contribution in [0.4, 0.5) is 24.5 Å². The van der Waals surface area contributed by atoms with E-state index in [0.717, 1.165) is 12.1 Å². The van der Waals surface area contributed by atoms with Crippen LogP contribution in [0.2, 0.25) is 0 Å². The van der Waals surface area contributed by atoms with Crippen LogP contribution in [0.25, 0.3) is 0 Å². The number of benzene rings is 3. The van der Waals surface area contributed by atoms with Crippen LogP contribution in [0.15, 0.2) is 71.6 Å². The molecular weight excluding hydrogens is 473 g/mol. The Morgan fingerprint density at radius 2 is 1.56 bits per heavy atom. The van der Waals surface area contributed by atoms with Crippen molar-refractivity contribution in [2.45, 2.75) is 11.1 Å². The standard InChI is InChI=1S/C23H21F3N2O5S/c1-28(18-9-12-20(32-2)21(14-18)33-3)22(29)15-7-10-19(11-8-15)34(30,31)27-17-6-4-5-16(13-17)23(24,25)26/h4-14,27H,1-3H3. The highest BCUT2D eigenvalue weighted by atomic mass is 32.2. The number of hydrogen-bond acceptors (Lipinski definition) is 5. The minimum Gasteiger partial charge on any atom is -0.493 e. The Bertz CT molecular complexity index is 1290. The number of carbonyl (C=O) groups excluding carboxylic acids is 1. The van der Waals surface area contributed by atoms with E-state index in [1.807, 2.05) is 0 Å². The van der Waals surface area contributed by atoms with Gasteiger partial charge >= 0.3 is 6.18 Å². The van der Waals surface area contributed by atoms with Gasteiger partial charge < -0.3 is 14.4 Å². The summed E-state index contributed by atoms with van der Waals surface area (Å²) in [5, 5.41) is 0. The number of carbonyl (C=O) groups is 1. The zero-order chi connectivity index (χ0) is 25.1. The molecule has 3 rings (SSSR count). The summed E-state index contributed by atoms with van der Waals surface area (Å²) in [5.41, 5.74) is -0.490. The van der Waals surface area contributed by atoms with Crippen LogP contribution in [0.1, 0.15) is 15.9 Å². The monoisotopic (exact) mass is 494 g/mol. The Morgan fingerprint density at radius 1 is 0.912 bits per heavy atom. The van der Waals surface area contributed by atoms with Gasteiger partial charge in [-0.1, -0.05) is 6.07 Å². The van der Waals surface area contributed by atoms with Crippen molar-refractivity contribution < 1.29 is 35.9 Å². The fraction of sp³-hybridized carbons (Fsp3) is 0.174. The summed E-state index contributed by atoms with van der Waals surface area (Å²) in [4.78, 5) is 14.0. The van der Waals surface area contributed by atoms with Crippen LogP contribution in [-0.2, 0) is 16.2 Å². The third kappa shape index (κ3) is 5.42. The highest BCUT2D eigenvalue weighted by Gasteiger charge is 2.30. The van der Waals surface area contributed by atoms with E-state index in [2.05, 4.69) is 4.72 Å². The molecule has 0 unspecified atom stereocenters. The summed E-state index contributed by atoms with van der Waals surface area (Å²) in [7, 11) is 0.323. The molecule has 34 heavy (non-hydrogen) atoms. The number of ether oxygens (including phenoxy) is 2. The van der Waals surface area contributed by atoms with Crippen molar-refractivity contribution >= 4 is 27.3 Å². The molecule has 0 aliphatic carbocycles. The van der Waals surface area contributed by atoms with Gasteiger partial charge in [-0.2, -0.15) is 13.2 Å². The molecule has 0 bridgehead atoms. The average Bonchev–Trinajstić information content (AvgIpc) is 2.82. The zero-order valence-corrected chi connectivity index (χ0v) is 19.2. The molecule has 3 aromatic carbocycles. The van der Waals surface area contributed by atoms with Crippen molar-refractivity contribution in [3.63, 3.8) is 0 Å². The zero-order valence-electron chi connectivity index (χ0n) is 18.4. The minimum atomic E-state index is -4.61. The molecule has 0 saturated carbocycles. The summed E-state index contributed by atoms with van der Waals surface area (Å²) in [6.07, 6.45) is -4.61. The van der Waals surface area contributed by atoms with Crippen molar-refractivity contribution in [1.82, 2.24) is 0 Å². The lowest BCUT2D eigenvalue weighted by Crippen LogP contribution is -2.26. The van der Waals surface area contributed by atoms with Crippen molar-refractivity contribution in [2.75, 3.05) is 30.9 Å². The van der Waals surface area contributed by atoms with Gasteiger partial charge in [-0.05, 0) is 54.6 Å². The Labute approximate surface area is 194 Å². The fourth-order valence-electron chi connectivity index (χ4n) is 3.09. The van der Waals surface area contributed by atoms with Gasteiger partial charge in [0.2, 0.25) is 0 Å². The van der Waals surface area contributed by atoms with E-state index in [1.54, 1.807) is 25.2 Å². The van der Waals surface area contributed by atoms with Crippen molar-refractivity contribution in [3.05, 3.63) is 77.9 Å². The van der Waals surface area contributed by atoms with Crippen LogP contribution in [0.3, 0.4) is 0 Å². The van der Waals surface area contributed by atoms with Crippen molar-refractivity contribution in [3.8, 4) is 11.5 Å². The minimum absolute atomic E-state index is 0.204. The van der Waals surface area contributed by atoms with Gasteiger partial charge in [0.1, 0.15) is 0 Å². The second-order valence-electron chi connectivity index (χ2n) is 7.11. The number of nitrogens with one attached hydrogen (secondary N) is 1. The first-order valence-electron chi connectivity index (χ1n) is 9.76. The lowest BCUT2D eigenvalue weighted by molar-refractivity contribution is -0.137. The number of nitrogens with zero attached hydrogens (tertiary/aromatic N) is 1. The first-order valence-corrected chi connectivity index (χ1v) is 11.2. The van der Waals surface area contributed by atoms with Gasteiger partial charge in [0, 0.05) is 30.1 Å². The maximum Gasteiger partial charge on any atom is 0.416 e. The Hall–Kier alpha value is -3.73. The number of sulfonamides is 1. The molecule has 180 valence electrons. The normalized spacial score (nSPS) is 11.6. The van der Waals surface area contributed by atoms with E-state index in [0.29, 0.717) is 23.3 Å². The molecule has 0 aromatic heterocycles. The number of methoxy groups -OCH3 is 2. The van der Waals surface area contributed by atoms with Gasteiger partial charge in [-0.25, -0.2) is 8.42 Å². The predicted octanol–water partition coefficient (Wildman–Crippen LogP) is 4.80. The van der Waals surface area contributed by atoms with Crippen LogP contribution >= 0.6 is 0 Å². The van der Waals surface area contributed by atoms with Crippen LogP contribution in [-0.4, -0.2) is 35.6 Å². The van der Waals surface area contributed by atoms with Gasteiger partial charge in [0.15, 0.2) is 11.5 Å². The number of amides is 1. The molecule has 1 amide bonds. The summed E-state index contributed by atoms with van der Waals surface area (Å²) >= 11 is 0. The van der Waals surface area contributed by atoms with E-state index in [1.165, 1.54) is 49.5 Å². The molecule has 0 aliphatic rings. The molecule has 0 radical (unpaired) electrons. The summed E-state index contributed by atoms with van der Waals surface area (Å²) in [5.74, 6) is 0.513. The number of alkyl halides is 3. The van der Waals surface area contributed by atoms with Crippen LogP contribution in [0.5, 0.6) is 11.5 Å². The van der Waals surface area contributed by atoms with Crippen LogP contribution < -0.4 is 19.1 Å². The van der Waals surface area contributed by atoms with E-state index in [9.17, 15) is 26.4 Å². The number of hydrogen-bond donors (Lipinski definition) is 1. The summed E-state index contributed by atoms with van der Waals surface area (Å²) < 4.78 is 76.4. The highest BCUT2D eigenvalue weighted by molar-refractivity contribution is 7.92. The van der Waals surface area contributed by atoms with Crippen LogP contribution in [0, 0.1) is 0 Å². The lowest BCUT2D eigenvalue weighted by Gasteiger charge is -2.19. The first-order chi connectivity index (χ1) is 16.0. The topological polar surface area (TPSA) is 84.9 Å². The largest absolute Gasteiger partial charge is 0.493 e. The third-order valence-electron chi connectivity index (χ3n) is 4.91. The Kier molecular flexibility index (Phi) is 7.06. The molecule has 0 heterocycles. The second kappa shape index (κ2) is 9.64. The molecule has 0 fully saturated rings. The molecule has 0 saturated heterocycles. The molecule has 11 heteroatoms. The molecule has 0 spiro atoms. The maximum atomic E-state index is 12.9. The Morgan fingerprint density at radius 3 is 2.15 bits per heavy atom. The molecule has 0 atom stereocenters. The van der Waals surface area contributed by atoms with E-state index in [4.69, 9.17) is 9.47 Å². The summed E-state index contributed by atoms with van der Waals surface area (Å²) in [6.45, 7) is 0. The second-order valence-corrected chi connectivity index (χ2v) is 8.79.